The highest BCUT2D eigenvalue weighted by Gasteiger charge is 2.22. The summed E-state index contributed by atoms with van der Waals surface area (Å²) in [6.45, 7) is 4.35. The molecule has 0 radical (unpaired) electrons. The highest BCUT2D eigenvalue weighted by molar-refractivity contribution is 7.89. The van der Waals surface area contributed by atoms with Crippen LogP contribution in [0.3, 0.4) is 0 Å². The van der Waals surface area contributed by atoms with Crippen LogP contribution < -0.4 is 15.2 Å². The summed E-state index contributed by atoms with van der Waals surface area (Å²) in [5, 5.41) is 1.41. The van der Waals surface area contributed by atoms with Crippen molar-refractivity contribution in [3.8, 4) is 5.75 Å². The van der Waals surface area contributed by atoms with Gasteiger partial charge in [-0.25, -0.2) is 13.1 Å². The molecule has 1 unspecified atom stereocenters. The van der Waals surface area contributed by atoms with Gasteiger partial charge in [0.25, 0.3) is 0 Å². The third-order valence-electron chi connectivity index (χ3n) is 3.72. The minimum atomic E-state index is -3.65. The zero-order valence-electron chi connectivity index (χ0n) is 14.2. The van der Waals surface area contributed by atoms with E-state index in [9.17, 15) is 8.42 Å². The van der Waals surface area contributed by atoms with Crippen molar-refractivity contribution >= 4 is 33.2 Å². The summed E-state index contributed by atoms with van der Waals surface area (Å²) >= 11 is 0. The first-order valence-corrected chi connectivity index (χ1v) is 9.15. The topological polar surface area (TPSA) is 81.4 Å². The van der Waals surface area contributed by atoms with Crippen molar-refractivity contribution in [1.82, 2.24) is 4.72 Å². The number of nitrogens with two attached hydrogens (primary N) is 1. The molecule has 134 valence electrons. The van der Waals surface area contributed by atoms with Crippen LogP contribution in [-0.2, 0) is 10.0 Å². The van der Waals surface area contributed by atoms with Crippen LogP contribution in [0, 0.1) is 5.92 Å². The Morgan fingerprint density at radius 2 is 1.75 bits per heavy atom. The fourth-order valence-corrected chi connectivity index (χ4v) is 4.17. The normalized spacial score (nSPS) is 12.9. The second-order valence-electron chi connectivity index (χ2n) is 6.00. The highest BCUT2D eigenvalue weighted by Crippen LogP contribution is 2.30. The summed E-state index contributed by atoms with van der Waals surface area (Å²) in [6.07, 6.45) is 0.698. The number of sulfonamides is 1. The van der Waals surface area contributed by atoms with Gasteiger partial charge in [0.15, 0.2) is 0 Å². The molecule has 3 N–H and O–H groups in total. The molecule has 0 aliphatic heterocycles. The molecule has 0 amide bonds. The Balaban J connectivity index is 0.00000288. The van der Waals surface area contributed by atoms with Crippen LogP contribution >= 0.6 is 12.4 Å². The van der Waals surface area contributed by atoms with E-state index in [4.69, 9.17) is 10.5 Å². The number of hydrogen-bond acceptors (Lipinski definition) is 4. The Hall–Kier alpha value is -1.34. The Morgan fingerprint density at radius 3 is 2.29 bits per heavy atom. The third kappa shape index (κ3) is 4.60. The van der Waals surface area contributed by atoms with Gasteiger partial charge in [-0.15, -0.1) is 12.4 Å². The van der Waals surface area contributed by atoms with E-state index in [1.54, 1.807) is 25.3 Å². The summed E-state index contributed by atoms with van der Waals surface area (Å²) < 4.78 is 33.6. The zero-order chi connectivity index (χ0) is 17.0. The van der Waals surface area contributed by atoms with Crippen LogP contribution in [0.4, 0.5) is 0 Å². The van der Waals surface area contributed by atoms with Crippen LogP contribution in [0.5, 0.6) is 5.75 Å². The van der Waals surface area contributed by atoms with E-state index in [2.05, 4.69) is 4.72 Å². The maximum absolute atomic E-state index is 12.8. The van der Waals surface area contributed by atoms with Gasteiger partial charge in [0.2, 0.25) is 10.0 Å². The van der Waals surface area contributed by atoms with Crippen molar-refractivity contribution in [2.45, 2.75) is 31.2 Å². The first-order valence-electron chi connectivity index (χ1n) is 7.67. The van der Waals surface area contributed by atoms with Crippen LogP contribution in [0.15, 0.2) is 41.3 Å². The lowest BCUT2D eigenvalue weighted by atomic mass is 10.1. The summed E-state index contributed by atoms with van der Waals surface area (Å²) in [7, 11) is -2.08. The molecule has 0 bridgehead atoms. The van der Waals surface area contributed by atoms with Gasteiger partial charge in [0.1, 0.15) is 5.75 Å². The highest BCUT2D eigenvalue weighted by atomic mass is 35.5. The summed E-state index contributed by atoms with van der Waals surface area (Å²) in [4.78, 5) is 0.246. The minimum absolute atomic E-state index is 0. The Kier molecular flexibility index (Phi) is 7.48. The molecule has 0 saturated carbocycles. The lowest BCUT2D eigenvalue weighted by Crippen LogP contribution is -2.41. The largest absolute Gasteiger partial charge is 0.496 e. The molecule has 2 aromatic carbocycles. The van der Waals surface area contributed by atoms with E-state index in [0.717, 1.165) is 5.39 Å². The zero-order valence-corrected chi connectivity index (χ0v) is 15.8. The molecular weight excluding hydrogens is 348 g/mol. The standard InChI is InChI=1S/C17H24N2O3S.ClH/c1-12(2)10-13(11-18)19-23(20,21)17-9-8-16(22-3)14-6-4-5-7-15(14)17;/h4-9,12-13,19H,10-11,18H2,1-3H3;1H. The molecule has 0 heterocycles. The van der Waals surface area contributed by atoms with Crippen molar-refractivity contribution in [3.63, 3.8) is 0 Å². The molecule has 0 aromatic heterocycles. The monoisotopic (exact) mass is 372 g/mol. The van der Waals surface area contributed by atoms with Gasteiger partial charge in [-0.05, 0) is 24.5 Å². The summed E-state index contributed by atoms with van der Waals surface area (Å²) in [6, 6.07) is 10.3. The second-order valence-corrected chi connectivity index (χ2v) is 7.68. The van der Waals surface area contributed by atoms with Gasteiger partial charge >= 0.3 is 0 Å². The van der Waals surface area contributed by atoms with Crippen molar-refractivity contribution < 1.29 is 13.2 Å². The Bertz CT molecular complexity index is 778. The first kappa shape index (κ1) is 20.7. The molecule has 24 heavy (non-hydrogen) atoms. The van der Waals surface area contributed by atoms with Crippen LogP contribution in [0.1, 0.15) is 20.3 Å². The van der Waals surface area contributed by atoms with Crippen LogP contribution in [-0.4, -0.2) is 28.1 Å². The van der Waals surface area contributed by atoms with Crippen LogP contribution in [0.2, 0.25) is 0 Å². The predicted octanol–water partition coefficient (Wildman–Crippen LogP) is 2.92. The molecule has 2 aromatic rings. The van der Waals surface area contributed by atoms with Gasteiger partial charge in [-0.2, -0.15) is 0 Å². The molecule has 2 rings (SSSR count). The number of hydrogen-bond donors (Lipinski definition) is 2. The fraction of sp³-hybridized carbons (Fsp3) is 0.412. The molecule has 0 aliphatic rings. The number of fused-ring (bicyclic) bond motifs is 1. The maximum Gasteiger partial charge on any atom is 0.241 e. The number of halogens is 1. The van der Waals surface area contributed by atoms with Gasteiger partial charge in [0, 0.05) is 23.4 Å². The number of methoxy groups -OCH3 is 1. The number of rotatable bonds is 7. The quantitative estimate of drug-likeness (QED) is 0.782. The van der Waals surface area contributed by atoms with Crippen molar-refractivity contribution in [2.24, 2.45) is 11.7 Å². The predicted molar refractivity (Wildman–Crippen MR) is 100 cm³/mol. The number of benzene rings is 2. The molecule has 5 nitrogen and oxygen atoms in total. The van der Waals surface area contributed by atoms with Crippen molar-refractivity contribution in [3.05, 3.63) is 36.4 Å². The smallest absolute Gasteiger partial charge is 0.241 e. The van der Waals surface area contributed by atoms with Crippen molar-refractivity contribution in [2.75, 3.05) is 13.7 Å². The van der Waals surface area contributed by atoms with Gasteiger partial charge < -0.3 is 10.5 Å². The average Bonchev–Trinajstić information content (AvgIpc) is 2.52. The summed E-state index contributed by atoms with van der Waals surface area (Å²) in [5.41, 5.74) is 5.72. The molecule has 0 spiro atoms. The first-order chi connectivity index (χ1) is 10.9. The Labute approximate surface area is 150 Å². The van der Waals surface area contributed by atoms with E-state index >= 15 is 0 Å². The lowest BCUT2D eigenvalue weighted by molar-refractivity contribution is 0.419. The van der Waals surface area contributed by atoms with E-state index in [1.807, 2.05) is 32.0 Å². The van der Waals surface area contributed by atoms with E-state index in [0.29, 0.717) is 23.5 Å². The summed E-state index contributed by atoms with van der Waals surface area (Å²) in [5.74, 6) is 1.01. The number of ether oxygens (including phenoxy) is 1. The SMILES string of the molecule is COc1ccc(S(=O)(=O)NC(CN)CC(C)C)c2ccccc12.Cl. The van der Waals surface area contributed by atoms with E-state index in [1.165, 1.54) is 0 Å². The molecule has 0 saturated heterocycles. The van der Waals surface area contributed by atoms with E-state index < -0.39 is 10.0 Å². The molecule has 0 aliphatic carbocycles. The van der Waals surface area contributed by atoms with Gasteiger partial charge in [0.05, 0.1) is 12.0 Å². The van der Waals surface area contributed by atoms with E-state index in [-0.39, 0.29) is 29.9 Å². The minimum Gasteiger partial charge on any atom is -0.496 e. The molecule has 0 fully saturated rings. The van der Waals surface area contributed by atoms with Gasteiger partial charge in [-0.1, -0.05) is 38.1 Å². The lowest BCUT2D eigenvalue weighted by Gasteiger charge is -2.20. The number of nitrogens with one attached hydrogen (secondary N) is 1. The second kappa shape index (κ2) is 8.67. The van der Waals surface area contributed by atoms with Crippen LogP contribution in [0.25, 0.3) is 10.8 Å². The fourth-order valence-electron chi connectivity index (χ4n) is 2.70. The molecule has 7 heteroatoms. The average molecular weight is 373 g/mol. The van der Waals surface area contributed by atoms with Gasteiger partial charge in [-0.3, -0.25) is 0 Å². The van der Waals surface area contributed by atoms with Crippen molar-refractivity contribution in [1.29, 1.82) is 0 Å². The third-order valence-corrected chi connectivity index (χ3v) is 5.29. The Morgan fingerprint density at radius 1 is 1.12 bits per heavy atom. The molecular formula is C17H25ClN2O3S. The molecule has 1 atom stereocenters. The maximum atomic E-state index is 12.8.